The largest absolute Gasteiger partial charge is 0.413 e. The van der Waals surface area contributed by atoms with Gasteiger partial charge < -0.3 is 4.43 Å². The zero-order valence-electron chi connectivity index (χ0n) is 11.8. The van der Waals surface area contributed by atoms with Crippen LogP contribution < -0.4 is 0 Å². The van der Waals surface area contributed by atoms with Crippen LogP contribution in [0.15, 0.2) is 22.7 Å². The molecule has 0 aliphatic heterocycles. The van der Waals surface area contributed by atoms with Crippen LogP contribution in [0.25, 0.3) is 0 Å². The summed E-state index contributed by atoms with van der Waals surface area (Å²) >= 11 is 7.04. The number of halogens is 2. The Balaban J connectivity index is 2.78. The molecule has 0 fully saturated rings. The van der Waals surface area contributed by atoms with Gasteiger partial charge in [0.1, 0.15) is 0 Å². The molecule has 1 aromatic rings. The van der Waals surface area contributed by atoms with Crippen molar-refractivity contribution in [1.82, 2.24) is 0 Å². The predicted octanol–water partition coefficient (Wildman–Crippen LogP) is 5.87. The Hall–Kier alpha value is 0.357. The quantitative estimate of drug-likeness (QED) is 0.459. The maximum Gasteiger partial charge on any atom is 0.192 e. The molecule has 0 spiro atoms. The fourth-order valence-corrected chi connectivity index (χ4v) is 3.23. The van der Waals surface area contributed by atoms with E-state index in [1.54, 1.807) is 0 Å². The molecule has 0 radical (unpaired) electrons. The van der Waals surface area contributed by atoms with E-state index in [2.05, 4.69) is 83.9 Å². The van der Waals surface area contributed by atoms with Crippen molar-refractivity contribution in [3.05, 3.63) is 33.8 Å². The highest BCUT2D eigenvalue weighted by molar-refractivity contribution is 9.10. The molecule has 0 amide bonds. The molecule has 0 bridgehead atoms. The molecule has 18 heavy (non-hydrogen) atoms. The van der Waals surface area contributed by atoms with Crippen molar-refractivity contribution in [3.63, 3.8) is 0 Å². The molecule has 0 N–H and O–H groups in total. The Morgan fingerprint density at radius 1 is 1.11 bits per heavy atom. The van der Waals surface area contributed by atoms with E-state index in [-0.39, 0.29) is 5.04 Å². The first-order valence-electron chi connectivity index (χ1n) is 6.14. The van der Waals surface area contributed by atoms with Crippen molar-refractivity contribution in [2.45, 2.75) is 50.8 Å². The van der Waals surface area contributed by atoms with E-state index in [1.807, 2.05) is 0 Å². The number of alkyl halides is 1. The van der Waals surface area contributed by atoms with Crippen molar-refractivity contribution in [2.75, 3.05) is 0 Å². The lowest BCUT2D eigenvalue weighted by Gasteiger charge is -2.36. The first kappa shape index (κ1) is 16.4. The smallest absolute Gasteiger partial charge is 0.192 e. The number of hydrogen-bond acceptors (Lipinski definition) is 1. The molecular formula is C14H22Br2OSi. The van der Waals surface area contributed by atoms with Crippen molar-refractivity contribution in [1.29, 1.82) is 0 Å². The zero-order chi connectivity index (χ0) is 14.0. The van der Waals surface area contributed by atoms with Crippen LogP contribution in [0.4, 0.5) is 0 Å². The van der Waals surface area contributed by atoms with Crippen LogP contribution >= 0.6 is 31.9 Å². The molecule has 0 aromatic heterocycles. The second-order valence-corrected chi connectivity index (χ2v) is 12.4. The molecule has 0 saturated carbocycles. The van der Waals surface area contributed by atoms with Gasteiger partial charge >= 0.3 is 0 Å². The second kappa shape index (κ2) is 6.20. The maximum absolute atomic E-state index is 6.24. The zero-order valence-corrected chi connectivity index (χ0v) is 16.0. The van der Waals surface area contributed by atoms with E-state index in [9.17, 15) is 0 Å². The van der Waals surface area contributed by atoms with Gasteiger partial charge in [-0.15, -0.1) is 0 Å². The van der Waals surface area contributed by atoms with Crippen LogP contribution in [-0.2, 0) is 16.4 Å². The van der Waals surface area contributed by atoms with Crippen molar-refractivity contribution in [3.8, 4) is 0 Å². The third-order valence-corrected chi connectivity index (χ3v) is 9.16. The molecule has 1 rings (SSSR count). The first-order valence-corrected chi connectivity index (χ1v) is 11.0. The van der Waals surface area contributed by atoms with E-state index in [1.165, 1.54) is 11.1 Å². The lowest BCUT2D eigenvalue weighted by Crippen LogP contribution is -2.40. The summed E-state index contributed by atoms with van der Waals surface area (Å²) in [5, 5.41) is 1.14. The first-order chi connectivity index (χ1) is 8.15. The van der Waals surface area contributed by atoms with Gasteiger partial charge in [0.2, 0.25) is 0 Å². The summed E-state index contributed by atoms with van der Waals surface area (Å²) in [4.78, 5) is 0. The number of rotatable bonds is 4. The third kappa shape index (κ3) is 4.48. The van der Waals surface area contributed by atoms with Gasteiger partial charge in [0.25, 0.3) is 0 Å². The summed E-state index contributed by atoms with van der Waals surface area (Å²) in [5.74, 6) is 0. The average molecular weight is 394 g/mol. The van der Waals surface area contributed by atoms with Crippen LogP contribution in [0.5, 0.6) is 0 Å². The summed E-state index contributed by atoms with van der Waals surface area (Å²) in [7, 11) is -1.66. The highest BCUT2D eigenvalue weighted by Gasteiger charge is 2.36. The van der Waals surface area contributed by atoms with E-state index in [0.29, 0.717) is 6.61 Å². The molecule has 0 unspecified atom stereocenters. The normalized spacial score (nSPS) is 12.8. The van der Waals surface area contributed by atoms with E-state index in [4.69, 9.17) is 4.43 Å². The summed E-state index contributed by atoms with van der Waals surface area (Å²) in [6.45, 7) is 12.1. The molecule has 0 saturated heterocycles. The molecule has 102 valence electrons. The number of hydrogen-bond donors (Lipinski definition) is 0. The van der Waals surface area contributed by atoms with E-state index in [0.717, 1.165) is 9.80 Å². The van der Waals surface area contributed by atoms with Gasteiger partial charge in [-0.05, 0) is 41.4 Å². The molecule has 0 heterocycles. The Kier molecular flexibility index (Phi) is 5.66. The van der Waals surface area contributed by atoms with Crippen LogP contribution in [0, 0.1) is 0 Å². The maximum atomic E-state index is 6.24. The summed E-state index contributed by atoms with van der Waals surface area (Å²) < 4.78 is 7.36. The van der Waals surface area contributed by atoms with Crippen molar-refractivity contribution < 1.29 is 4.43 Å². The standard InChI is InChI=1S/C14H22Br2OSi/c1-14(2,3)18(4,5)17-10-12-6-11(9-15)7-13(16)8-12/h6-8H,9-10H2,1-5H3. The minimum Gasteiger partial charge on any atom is -0.413 e. The molecule has 4 heteroatoms. The van der Waals surface area contributed by atoms with Gasteiger partial charge in [-0.3, -0.25) is 0 Å². The predicted molar refractivity (Wildman–Crippen MR) is 88.8 cm³/mol. The second-order valence-electron chi connectivity index (χ2n) is 6.15. The van der Waals surface area contributed by atoms with Gasteiger partial charge in [-0.1, -0.05) is 58.7 Å². The van der Waals surface area contributed by atoms with Crippen molar-refractivity contribution in [2.24, 2.45) is 0 Å². The average Bonchev–Trinajstić information content (AvgIpc) is 2.24. The Bertz CT molecular complexity index is 411. The van der Waals surface area contributed by atoms with Gasteiger partial charge in [0.15, 0.2) is 8.32 Å². The van der Waals surface area contributed by atoms with Gasteiger partial charge in [0, 0.05) is 9.80 Å². The summed E-state index contributed by atoms with van der Waals surface area (Å²) in [6, 6.07) is 6.47. The highest BCUT2D eigenvalue weighted by Crippen LogP contribution is 2.37. The highest BCUT2D eigenvalue weighted by atomic mass is 79.9. The molecule has 1 nitrogen and oxygen atoms in total. The third-order valence-electron chi connectivity index (χ3n) is 3.58. The van der Waals surface area contributed by atoms with Crippen LogP contribution in [0.3, 0.4) is 0 Å². The van der Waals surface area contributed by atoms with Crippen LogP contribution in [0.2, 0.25) is 18.1 Å². The van der Waals surface area contributed by atoms with E-state index < -0.39 is 8.32 Å². The topological polar surface area (TPSA) is 9.23 Å². The monoisotopic (exact) mass is 392 g/mol. The summed E-state index contributed by atoms with van der Waals surface area (Å²) in [5.41, 5.74) is 2.52. The lowest BCUT2D eigenvalue weighted by molar-refractivity contribution is 0.276. The Morgan fingerprint density at radius 2 is 1.67 bits per heavy atom. The fourth-order valence-electron chi connectivity index (χ4n) is 1.36. The van der Waals surface area contributed by atoms with Gasteiger partial charge in [-0.25, -0.2) is 0 Å². The Labute approximate surface area is 129 Å². The molecule has 0 aliphatic rings. The van der Waals surface area contributed by atoms with Crippen LogP contribution in [0.1, 0.15) is 31.9 Å². The van der Waals surface area contributed by atoms with Crippen molar-refractivity contribution >= 4 is 40.2 Å². The Morgan fingerprint density at radius 3 is 2.17 bits per heavy atom. The SMILES string of the molecule is CC(C)(C)[Si](C)(C)OCc1cc(Br)cc(CBr)c1. The fraction of sp³-hybridized carbons (Fsp3) is 0.571. The van der Waals surface area contributed by atoms with Crippen LogP contribution in [-0.4, -0.2) is 8.32 Å². The van der Waals surface area contributed by atoms with E-state index >= 15 is 0 Å². The molecule has 0 atom stereocenters. The minimum absolute atomic E-state index is 0.261. The molecular weight excluding hydrogens is 372 g/mol. The molecule has 1 aromatic carbocycles. The minimum atomic E-state index is -1.66. The van der Waals surface area contributed by atoms with Gasteiger partial charge in [0.05, 0.1) is 6.61 Å². The van der Waals surface area contributed by atoms with Gasteiger partial charge in [-0.2, -0.15) is 0 Å². The molecule has 0 aliphatic carbocycles. The summed E-state index contributed by atoms with van der Waals surface area (Å²) in [6.07, 6.45) is 0. The lowest BCUT2D eigenvalue weighted by atomic mass is 10.1. The number of benzene rings is 1.